The Balaban J connectivity index is 2.80. The first kappa shape index (κ1) is 13.3. The van der Waals surface area contributed by atoms with E-state index in [1.54, 1.807) is 20.3 Å². The molecule has 2 N–H and O–H groups in total. The van der Waals surface area contributed by atoms with E-state index in [9.17, 15) is 4.79 Å². The molecule has 0 spiro atoms. The smallest absolute Gasteiger partial charge is 0.207 e. The van der Waals surface area contributed by atoms with Gasteiger partial charge < -0.3 is 19.9 Å². The maximum absolute atomic E-state index is 10.3. The van der Waals surface area contributed by atoms with Crippen LogP contribution in [0.4, 0.5) is 0 Å². The summed E-state index contributed by atoms with van der Waals surface area (Å²) in [6.07, 6.45) is 1.12. The minimum atomic E-state index is -0.286. The number of rotatable bonds is 7. The van der Waals surface area contributed by atoms with E-state index in [0.717, 1.165) is 5.56 Å². The van der Waals surface area contributed by atoms with Crippen LogP contribution < -0.4 is 14.8 Å². The molecule has 0 saturated heterocycles. The van der Waals surface area contributed by atoms with Gasteiger partial charge in [-0.15, -0.1) is 0 Å². The summed E-state index contributed by atoms with van der Waals surface area (Å²) in [6.45, 7) is -0.104. The van der Waals surface area contributed by atoms with Crippen LogP contribution in [0.1, 0.15) is 5.56 Å². The SMILES string of the molecule is COc1ccc(CC(CO)NC=O)cc1OC. The molecule has 1 atom stereocenters. The number of aliphatic hydroxyl groups is 1. The third-order valence-corrected chi connectivity index (χ3v) is 2.45. The fourth-order valence-electron chi connectivity index (χ4n) is 1.56. The van der Waals surface area contributed by atoms with E-state index in [2.05, 4.69) is 5.32 Å². The topological polar surface area (TPSA) is 67.8 Å². The number of nitrogens with one attached hydrogen (secondary N) is 1. The molecule has 1 aromatic carbocycles. The molecule has 17 heavy (non-hydrogen) atoms. The van der Waals surface area contributed by atoms with E-state index in [4.69, 9.17) is 14.6 Å². The Morgan fingerprint density at radius 1 is 1.35 bits per heavy atom. The Kier molecular flexibility index (Phi) is 5.29. The highest BCUT2D eigenvalue weighted by Crippen LogP contribution is 2.27. The molecule has 1 amide bonds. The van der Waals surface area contributed by atoms with Crippen LogP contribution in [0.25, 0.3) is 0 Å². The lowest BCUT2D eigenvalue weighted by molar-refractivity contribution is -0.110. The Bertz CT molecular complexity index is 368. The van der Waals surface area contributed by atoms with Crippen molar-refractivity contribution >= 4 is 6.41 Å². The van der Waals surface area contributed by atoms with Crippen LogP contribution >= 0.6 is 0 Å². The second-order valence-electron chi connectivity index (χ2n) is 3.56. The zero-order chi connectivity index (χ0) is 12.7. The lowest BCUT2D eigenvalue weighted by Crippen LogP contribution is -2.33. The molecular weight excluding hydrogens is 222 g/mol. The van der Waals surface area contributed by atoms with Gasteiger partial charge in [-0.3, -0.25) is 4.79 Å². The van der Waals surface area contributed by atoms with Crippen molar-refractivity contribution in [1.82, 2.24) is 5.32 Å². The summed E-state index contributed by atoms with van der Waals surface area (Å²) in [5.41, 5.74) is 0.955. The highest BCUT2D eigenvalue weighted by molar-refractivity contribution is 5.47. The van der Waals surface area contributed by atoms with Crippen LogP contribution in [0.15, 0.2) is 18.2 Å². The van der Waals surface area contributed by atoms with Crippen molar-refractivity contribution in [3.63, 3.8) is 0 Å². The highest BCUT2D eigenvalue weighted by atomic mass is 16.5. The quantitative estimate of drug-likeness (QED) is 0.674. The van der Waals surface area contributed by atoms with Crippen LogP contribution in [-0.2, 0) is 11.2 Å². The van der Waals surface area contributed by atoms with Gasteiger partial charge in [0.05, 0.1) is 26.9 Å². The first-order chi connectivity index (χ1) is 8.24. The second-order valence-corrected chi connectivity index (χ2v) is 3.56. The number of carbonyl (C=O) groups excluding carboxylic acids is 1. The van der Waals surface area contributed by atoms with Crippen molar-refractivity contribution in [2.45, 2.75) is 12.5 Å². The van der Waals surface area contributed by atoms with Crippen molar-refractivity contribution in [3.05, 3.63) is 23.8 Å². The van der Waals surface area contributed by atoms with Crippen LogP contribution in [-0.4, -0.2) is 38.4 Å². The molecule has 5 nitrogen and oxygen atoms in total. The summed E-state index contributed by atoms with van der Waals surface area (Å²) in [6, 6.07) is 5.21. The van der Waals surface area contributed by atoms with Crippen molar-refractivity contribution in [1.29, 1.82) is 0 Å². The molecule has 0 aliphatic heterocycles. The van der Waals surface area contributed by atoms with E-state index in [-0.39, 0.29) is 12.6 Å². The van der Waals surface area contributed by atoms with Gasteiger partial charge >= 0.3 is 0 Å². The first-order valence-electron chi connectivity index (χ1n) is 5.26. The normalized spacial score (nSPS) is 11.7. The van der Waals surface area contributed by atoms with Crippen molar-refractivity contribution in [3.8, 4) is 11.5 Å². The zero-order valence-electron chi connectivity index (χ0n) is 9.97. The van der Waals surface area contributed by atoms with E-state index in [1.165, 1.54) is 0 Å². The van der Waals surface area contributed by atoms with Crippen LogP contribution in [0.2, 0.25) is 0 Å². The molecule has 1 unspecified atom stereocenters. The maximum Gasteiger partial charge on any atom is 0.207 e. The zero-order valence-corrected chi connectivity index (χ0v) is 9.97. The Hall–Kier alpha value is -1.75. The molecule has 0 bridgehead atoms. The fraction of sp³-hybridized carbons (Fsp3) is 0.417. The summed E-state index contributed by atoms with van der Waals surface area (Å²) in [7, 11) is 3.14. The Labute approximate surface area is 100 Å². The van der Waals surface area contributed by atoms with Crippen LogP contribution in [0, 0.1) is 0 Å². The molecule has 0 aliphatic carbocycles. The summed E-state index contributed by atoms with van der Waals surface area (Å²) in [5.74, 6) is 1.29. The monoisotopic (exact) mass is 239 g/mol. The van der Waals surface area contributed by atoms with Gasteiger partial charge in [-0.05, 0) is 24.1 Å². The van der Waals surface area contributed by atoms with Gasteiger partial charge in [-0.25, -0.2) is 0 Å². The lowest BCUT2D eigenvalue weighted by Gasteiger charge is -2.14. The largest absolute Gasteiger partial charge is 0.493 e. The minimum absolute atomic E-state index is 0.104. The standard InChI is InChI=1S/C12H17NO4/c1-16-11-4-3-9(6-12(11)17-2)5-10(7-14)13-8-15/h3-4,6,8,10,14H,5,7H2,1-2H3,(H,13,15). The van der Waals surface area contributed by atoms with E-state index < -0.39 is 0 Å². The highest BCUT2D eigenvalue weighted by Gasteiger charge is 2.10. The number of aliphatic hydroxyl groups excluding tert-OH is 1. The first-order valence-corrected chi connectivity index (χ1v) is 5.26. The Morgan fingerprint density at radius 3 is 2.59 bits per heavy atom. The van der Waals surface area contributed by atoms with E-state index >= 15 is 0 Å². The van der Waals surface area contributed by atoms with Crippen molar-refractivity contribution in [2.24, 2.45) is 0 Å². The molecular formula is C12H17NO4. The van der Waals surface area contributed by atoms with Crippen LogP contribution in [0.3, 0.4) is 0 Å². The minimum Gasteiger partial charge on any atom is -0.493 e. The van der Waals surface area contributed by atoms with Gasteiger partial charge in [0.15, 0.2) is 11.5 Å². The molecule has 0 heterocycles. The number of carbonyl (C=O) groups is 1. The second kappa shape index (κ2) is 6.75. The molecule has 0 aromatic heterocycles. The molecule has 0 fully saturated rings. The fourth-order valence-corrected chi connectivity index (χ4v) is 1.56. The number of amides is 1. The molecule has 0 saturated carbocycles. The maximum atomic E-state index is 10.3. The molecule has 5 heteroatoms. The molecule has 0 aliphatic rings. The summed E-state index contributed by atoms with van der Waals surface area (Å²) in [4.78, 5) is 10.3. The molecule has 1 aromatic rings. The van der Waals surface area contributed by atoms with Gasteiger partial charge in [-0.1, -0.05) is 6.07 Å². The molecule has 94 valence electrons. The average molecular weight is 239 g/mol. The van der Waals surface area contributed by atoms with Gasteiger partial charge in [0.1, 0.15) is 0 Å². The number of ether oxygens (including phenoxy) is 2. The number of benzene rings is 1. The average Bonchev–Trinajstić information content (AvgIpc) is 2.38. The van der Waals surface area contributed by atoms with Gasteiger partial charge in [0.25, 0.3) is 0 Å². The summed E-state index contributed by atoms with van der Waals surface area (Å²) in [5, 5.41) is 11.6. The predicted octanol–water partition coefficient (Wildman–Crippen LogP) is 0.353. The van der Waals surface area contributed by atoms with Gasteiger partial charge in [0, 0.05) is 0 Å². The number of hydrogen-bond donors (Lipinski definition) is 2. The number of hydrogen-bond acceptors (Lipinski definition) is 4. The third-order valence-electron chi connectivity index (χ3n) is 2.45. The number of methoxy groups -OCH3 is 2. The van der Waals surface area contributed by atoms with Crippen molar-refractivity contribution in [2.75, 3.05) is 20.8 Å². The van der Waals surface area contributed by atoms with Gasteiger partial charge in [0.2, 0.25) is 6.41 Å². The van der Waals surface area contributed by atoms with E-state index in [1.807, 2.05) is 12.1 Å². The summed E-state index contributed by atoms with van der Waals surface area (Å²) >= 11 is 0. The Morgan fingerprint density at radius 2 is 2.06 bits per heavy atom. The van der Waals surface area contributed by atoms with E-state index in [0.29, 0.717) is 24.3 Å². The summed E-state index contributed by atoms with van der Waals surface area (Å²) < 4.78 is 10.3. The molecule has 0 radical (unpaired) electrons. The third kappa shape index (κ3) is 3.64. The van der Waals surface area contributed by atoms with Crippen molar-refractivity contribution < 1.29 is 19.4 Å². The van der Waals surface area contributed by atoms with Crippen LogP contribution in [0.5, 0.6) is 11.5 Å². The predicted molar refractivity (Wildman–Crippen MR) is 63.3 cm³/mol. The lowest BCUT2D eigenvalue weighted by atomic mass is 10.1. The van der Waals surface area contributed by atoms with Gasteiger partial charge in [-0.2, -0.15) is 0 Å². The molecule has 1 rings (SSSR count).